The molecule has 0 saturated heterocycles. The quantitative estimate of drug-likeness (QED) is 0.538. The average Bonchev–Trinajstić information content (AvgIpc) is 3.02. The van der Waals surface area contributed by atoms with E-state index in [2.05, 4.69) is 43.2 Å². The minimum atomic E-state index is -0.182. The van der Waals surface area contributed by atoms with E-state index in [0.717, 1.165) is 10.8 Å². The Bertz CT molecular complexity index is 958. The fraction of sp³-hybridized carbons (Fsp3) is 0.273. The summed E-state index contributed by atoms with van der Waals surface area (Å²) in [4.78, 5) is 17.6. The number of halogens is 1. The van der Waals surface area contributed by atoms with Crippen molar-refractivity contribution >= 4 is 34.5 Å². The van der Waals surface area contributed by atoms with Crippen LogP contribution in [0.5, 0.6) is 5.75 Å². The van der Waals surface area contributed by atoms with E-state index in [1.807, 2.05) is 19.1 Å². The number of benzene rings is 2. The van der Waals surface area contributed by atoms with Gasteiger partial charge in [-0.2, -0.15) is 0 Å². The van der Waals surface area contributed by atoms with E-state index in [9.17, 15) is 4.79 Å². The van der Waals surface area contributed by atoms with Crippen molar-refractivity contribution in [2.24, 2.45) is 0 Å². The van der Waals surface area contributed by atoms with Gasteiger partial charge in [0.05, 0.1) is 5.69 Å². The first-order valence-corrected chi connectivity index (χ1v) is 10.2. The molecule has 28 heavy (non-hydrogen) atoms. The summed E-state index contributed by atoms with van der Waals surface area (Å²) >= 11 is 7.22. The molecule has 0 fully saturated rings. The summed E-state index contributed by atoms with van der Waals surface area (Å²) in [7, 11) is 0. The van der Waals surface area contributed by atoms with Gasteiger partial charge in [0.1, 0.15) is 22.2 Å². The summed E-state index contributed by atoms with van der Waals surface area (Å²) in [5.74, 6) is 0.603. The first-order valence-electron chi connectivity index (χ1n) is 8.99. The SMILES string of the molecule is Cc1nc(COc2ccc(C(C)(C)C)cc2)sc1C(=O)Nc1ccc(Cl)cc1. The van der Waals surface area contributed by atoms with Gasteiger partial charge in [0, 0.05) is 10.7 Å². The van der Waals surface area contributed by atoms with Crippen LogP contribution in [0.3, 0.4) is 0 Å². The molecule has 0 spiro atoms. The van der Waals surface area contributed by atoms with Crippen LogP contribution < -0.4 is 10.1 Å². The molecule has 6 heteroatoms. The van der Waals surface area contributed by atoms with E-state index < -0.39 is 0 Å². The summed E-state index contributed by atoms with van der Waals surface area (Å²) in [6.07, 6.45) is 0. The summed E-state index contributed by atoms with van der Waals surface area (Å²) in [6.45, 7) is 8.69. The molecule has 1 heterocycles. The smallest absolute Gasteiger partial charge is 0.267 e. The summed E-state index contributed by atoms with van der Waals surface area (Å²) in [5.41, 5.74) is 2.75. The normalized spacial score (nSPS) is 11.3. The van der Waals surface area contributed by atoms with E-state index in [0.29, 0.717) is 27.9 Å². The summed E-state index contributed by atoms with van der Waals surface area (Å²) < 4.78 is 5.84. The maximum absolute atomic E-state index is 12.5. The third kappa shape index (κ3) is 5.12. The topological polar surface area (TPSA) is 51.2 Å². The zero-order valence-corrected chi connectivity index (χ0v) is 17.9. The largest absolute Gasteiger partial charge is 0.486 e. The molecule has 146 valence electrons. The third-order valence-corrected chi connectivity index (χ3v) is 5.61. The van der Waals surface area contributed by atoms with Gasteiger partial charge in [-0.05, 0) is 54.3 Å². The van der Waals surface area contributed by atoms with Gasteiger partial charge >= 0.3 is 0 Å². The Balaban J connectivity index is 1.63. The van der Waals surface area contributed by atoms with Crippen molar-refractivity contribution in [3.63, 3.8) is 0 Å². The van der Waals surface area contributed by atoms with Crippen molar-refractivity contribution in [3.05, 3.63) is 74.7 Å². The maximum Gasteiger partial charge on any atom is 0.267 e. The number of anilines is 1. The maximum atomic E-state index is 12.5. The number of rotatable bonds is 5. The van der Waals surface area contributed by atoms with Crippen LogP contribution in [0.25, 0.3) is 0 Å². The Morgan fingerprint density at radius 1 is 1.11 bits per heavy atom. The third-order valence-electron chi connectivity index (χ3n) is 4.23. The highest BCUT2D eigenvalue weighted by Crippen LogP contribution is 2.26. The zero-order valence-electron chi connectivity index (χ0n) is 16.4. The Morgan fingerprint density at radius 3 is 2.36 bits per heavy atom. The highest BCUT2D eigenvalue weighted by Gasteiger charge is 2.16. The minimum absolute atomic E-state index is 0.108. The van der Waals surface area contributed by atoms with Gasteiger partial charge in [0.25, 0.3) is 5.91 Å². The van der Waals surface area contributed by atoms with E-state index in [-0.39, 0.29) is 11.3 Å². The van der Waals surface area contributed by atoms with Crippen molar-refractivity contribution in [1.29, 1.82) is 0 Å². The molecular weight excluding hydrogens is 392 g/mol. The standard InChI is InChI=1S/C22H23ClN2O2S/c1-14-20(21(26)25-17-9-7-16(23)8-10-17)28-19(24-14)13-27-18-11-5-15(6-12-18)22(2,3)4/h5-12H,13H2,1-4H3,(H,25,26). The summed E-state index contributed by atoms with van der Waals surface area (Å²) in [6, 6.07) is 15.1. The lowest BCUT2D eigenvalue weighted by molar-refractivity contribution is 0.103. The highest BCUT2D eigenvalue weighted by atomic mass is 35.5. The zero-order chi connectivity index (χ0) is 20.3. The fourth-order valence-corrected chi connectivity index (χ4v) is 3.64. The van der Waals surface area contributed by atoms with Gasteiger partial charge in [-0.25, -0.2) is 4.98 Å². The number of ether oxygens (including phenoxy) is 1. The number of hydrogen-bond acceptors (Lipinski definition) is 4. The lowest BCUT2D eigenvalue weighted by Crippen LogP contribution is -2.11. The number of nitrogens with one attached hydrogen (secondary N) is 1. The van der Waals surface area contributed by atoms with Gasteiger partial charge in [0.2, 0.25) is 0 Å². The average molecular weight is 415 g/mol. The van der Waals surface area contributed by atoms with Crippen LogP contribution in [0.2, 0.25) is 5.02 Å². The first-order chi connectivity index (χ1) is 13.2. The Morgan fingerprint density at radius 2 is 1.75 bits per heavy atom. The van der Waals surface area contributed by atoms with Crippen LogP contribution in [-0.4, -0.2) is 10.9 Å². The van der Waals surface area contributed by atoms with Gasteiger partial charge < -0.3 is 10.1 Å². The Hall–Kier alpha value is -2.37. The molecule has 0 bridgehead atoms. The van der Waals surface area contributed by atoms with Gasteiger partial charge in [-0.15, -0.1) is 11.3 Å². The lowest BCUT2D eigenvalue weighted by Gasteiger charge is -2.19. The molecule has 0 saturated carbocycles. The van der Waals surface area contributed by atoms with E-state index >= 15 is 0 Å². The van der Waals surface area contributed by atoms with Gasteiger partial charge in [-0.3, -0.25) is 4.79 Å². The molecule has 1 amide bonds. The number of aromatic nitrogens is 1. The van der Waals surface area contributed by atoms with Crippen molar-refractivity contribution < 1.29 is 9.53 Å². The molecule has 0 aliphatic carbocycles. The number of hydrogen-bond donors (Lipinski definition) is 1. The number of amides is 1. The van der Waals surface area contributed by atoms with E-state index in [4.69, 9.17) is 16.3 Å². The van der Waals surface area contributed by atoms with E-state index in [1.165, 1.54) is 16.9 Å². The molecule has 1 N–H and O–H groups in total. The fourth-order valence-electron chi connectivity index (χ4n) is 2.64. The van der Waals surface area contributed by atoms with Crippen LogP contribution >= 0.6 is 22.9 Å². The van der Waals surface area contributed by atoms with Gasteiger partial charge in [0.15, 0.2) is 0 Å². The second-order valence-corrected chi connectivity index (χ2v) is 9.07. The van der Waals surface area contributed by atoms with Crippen LogP contribution in [0, 0.1) is 6.92 Å². The van der Waals surface area contributed by atoms with Crippen LogP contribution in [0.1, 0.15) is 46.7 Å². The Kier molecular flexibility index (Phi) is 6.06. The second-order valence-electron chi connectivity index (χ2n) is 7.55. The van der Waals surface area contributed by atoms with Crippen LogP contribution in [0.15, 0.2) is 48.5 Å². The van der Waals surface area contributed by atoms with Crippen molar-refractivity contribution in [3.8, 4) is 5.75 Å². The number of nitrogens with zero attached hydrogens (tertiary/aromatic N) is 1. The number of thiazole rings is 1. The molecule has 0 unspecified atom stereocenters. The predicted octanol–water partition coefficient (Wildman–Crippen LogP) is 6.23. The second kappa shape index (κ2) is 8.33. The first kappa shape index (κ1) is 20.4. The summed E-state index contributed by atoms with van der Waals surface area (Å²) in [5, 5.41) is 4.26. The van der Waals surface area contributed by atoms with Crippen LogP contribution in [-0.2, 0) is 12.0 Å². The minimum Gasteiger partial charge on any atom is -0.486 e. The van der Waals surface area contributed by atoms with E-state index in [1.54, 1.807) is 24.3 Å². The molecule has 0 atom stereocenters. The molecular formula is C22H23ClN2O2S. The molecule has 4 nitrogen and oxygen atoms in total. The molecule has 2 aromatic carbocycles. The molecule has 0 radical (unpaired) electrons. The number of carbonyl (C=O) groups excluding carboxylic acids is 1. The molecule has 0 aliphatic rings. The molecule has 0 aliphatic heterocycles. The molecule has 1 aromatic heterocycles. The van der Waals surface area contributed by atoms with Crippen molar-refractivity contribution in [1.82, 2.24) is 4.98 Å². The highest BCUT2D eigenvalue weighted by molar-refractivity contribution is 7.13. The van der Waals surface area contributed by atoms with Gasteiger partial charge in [-0.1, -0.05) is 44.5 Å². The predicted molar refractivity (Wildman–Crippen MR) is 116 cm³/mol. The Labute approximate surface area is 174 Å². The number of aryl methyl sites for hydroxylation is 1. The monoisotopic (exact) mass is 414 g/mol. The molecule has 3 aromatic rings. The van der Waals surface area contributed by atoms with Crippen molar-refractivity contribution in [2.75, 3.05) is 5.32 Å². The molecule has 3 rings (SSSR count). The number of carbonyl (C=O) groups is 1. The van der Waals surface area contributed by atoms with Crippen molar-refractivity contribution in [2.45, 2.75) is 39.7 Å². The lowest BCUT2D eigenvalue weighted by atomic mass is 9.87. The van der Waals surface area contributed by atoms with Crippen LogP contribution in [0.4, 0.5) is 5.69 Å².